The average Bonchev–Trinajstić information content (AvgIpc) is 4.43. The van der Waals surface area contributed by atoms with Crippen molar-refractivity contribution < 1.29 is 50.0 Å². The van der Waals surface area contributed by atoms with Crippen molar-refractivity contribution in [1.29, 1.82) is 0 Å². The van der Waals surface area contributed by atoms with Gasteiger partial charge in [-0.05, 0) is 143 Å². The van der Waals surface area contributed by atoms with Crippen LogP contribution in [-0.2, 0) is 29.9 Å². The quantitative estimate of drug-likeness (QED) is 0.0270. The number of hydrogen-bond acceptors (Lipinski definition) is 16. The van der Waals surface area contributed by atoms with Crippen molar-refractivity contribution >= 4 is 67.1 Å². The second-order valence-corrected chi connectivity index (χ2v) is 21.8. The third kappa shape index (κ3) is 15.7. The second-order valence-electron chi connectivity index (χ2n) is 21.4. The van der Waals surface area contributed by atoms with Crippen LogP contribution in [0.1, 0.15) is 102 Å². The smallest absolute Gasteiger partial charge is 0.494 e. The van der Waals surface area contributed by atoms with Gasteiger partial charge >= 0.3 is 20.4 Å². The van der Waals surface area contributed by atoms with Gasteiger partial charge in [0.2, 0.25) is 11.9 Å². The van der Waals surface area contributed by atoms with Crippen molar-refractivity contribution in [2.75, 3.05) is 103 Å². The minimum atomic E-state index is -0.290. The fraction of sp³-hybridized carbons (Fsp3) is 0.586. The van der Waals surface area contributed by atoms with Gasteiger partial charge in [0.15, 0.2) is 0 Å². The Bertz CT molecular complexity index is 2990. The molecule has 5 N–H and O–H groups in total. The van der Waals surface area contributed by atoms with Crippen molar-refractivity contribution in [3.8, 4) is 5.75 Å². The molecule has 2 saturated heterocycles. The zero-order chi connectivity index (χ0) is 51.7. The van der Waals surface area contributed by atoms with Crippen LogP contribution in [0, 0.1) is 26.7 Å². The van der Waals surface area contributed by atoms with E-state index in [1.165, 1.54) is 25.7 Å². The number of nitrogens with zero attached hydrogens (tertiary/aromatic N) is 8. The molecule has 6 fully saturated rings. The number of rotatable bonds is 16. The van der Waals surface area contributed by atoms with Gasteiger partial charge < -0.3 is 55.0 Å². The largest absolute Gasteiger partial charge is 2.00 e. The van der Waals surface area contributed by atoms with E-state index in [2.05, 4.69) is 30.4 Å². The number of aromatic nitrogens is 6. The van der Waals surface area contributed by atoms with Gasteiger partial charge in [-0.1, -0.05) is 17.7 Å². The van der Waals surface area contributed by atoms with Crippen LogP contribution in [0.2, 0.25) is 5.02 Å². The first-order valence-corrected chi connectivity index (χ1v) is 28.1. The van der Waals surface area contributed by atoms with E-state index >= 15 is 0 Å². The molecule has 2 aromatic carbocycles. The Hall–Kier alpha value is -4.39. The van der Waals surface area contributed by atoms with Crippen LogP contribution in [0.15, 0.2) is 58.4 Å². The molecule has 12 rings (SSSR count). The van der Waals surface area contributed by atoms with Crippen LogP contribution in [0.25, 0.3) is 43.6 Å². The summed E-state index contributed by atoms with van der Waals surface area (Å²) in [6.45, 7) is 11.9. The summed E-state index contributed by atoms with van der Waals surface area (Å²) in [4.78, 5) is 50.8. The Balaban J connectivity index is 0.000000190. The van der Waals surface area contributed by atoms with Gasteiger partial charge in [0.25, 0.3) is 11.1 Å². The second kappa shape index (κ2) is 29.4. The van der Waals surface area contributed by atoms with E-state index in [-0.39, 0.29) is 70.7 Å². The van der Waals surface area contributed by atoms with Crippen molar-refractivity contribution in [2.45, 2.75) is 114 Å². The summed E-state index contributed by atoms with van der Waals surface area (Å²) in [5.74, 6) is 3.25. The first-order chi connectivity index (χ1) is 36.7. The number of morpholine rings is 2. The van der Waals surface area contributed by atoms with E-state index < -0.39 is 0 Å². The van der Waals surface area contributed by atoms with E-state index in [0.29, 0.717) is 95.5 Å². The molecule has 78 heavy (non-hydrogen) atoms. The SMILES string of the molecule is O=c1c2cc(Cl)ccc2c2cnc(NCC3CC3)nc2n1C1CCC(O)CC1.O=c1c2cc(OCCCN3CCOCC3)ccc2c2cnc(NCC3CC3)nc2n1C1CCC(O)CC1.OCCCN1CCOCC1.[CH3-].[CH3-].[Pd+2]. The van der Waals surface area contributed by atoms with Gasteiger partial charge in [-0.3, -0.25) is 28.5 Å². The maximum absolute atomic E-state index is 13.9. The number of halogens is 1. The Labute approximate surface area is 477 Å². The van der Waals surface area contributed by atoms with Crippen molar-refractivity contribution in [3.63, 3.8) is 0 Å². The molecule has 428 valence electrons. The van der Waals surface area contributed by atoms with E-state index in [1.807, 2.05) is 39.6 Å². The summed E-state index contributed by atoms with van der Waals surface area (Å²) in [7, 11) is 0. The molecule has 0 atom stereocenters. The van der Waals surface area contributed by atoms with Crippen molar-refractivity contribution in [2.24, 2.45) is 11.8 Å². The maximum Gasteiger partial charge on any atom is 2.00 e. The first kappa shape index (κ1) is 61.2. The van der Waals surface area contributed by atoms with Crippen LogP contribution in [0.5, 0.6) is 5.75 Å². The third-order valence-electron chi connectivity index (χ3n) is 15.7. The minimum Gasteiger partial charge on any atom is -0.494 e. The summed E-state index contributed by atoms with van der Waals surface area (Å²) >= 11 is 6.18. The zero-order valence-electron chi connectivity index (χ0n) is 45.5. The number of fused-ring (bicyclic) bond motifs is 6. The van der Waals surface area contributed by atoms with Crippen LogP contribution >= 0.6 is 11.6 Å². The topological polar surface area (TPSA) is 214 Å². The molecule has 0 radical (unpaired) electrons. The van der Waals surface area contributed by atoms with Crippen LogP contribution < -0.4 is 26.5 Å². The molecular weight excluding hydrogens is 1110 g/mol. The summed E-state index contributed by atoms with van der Waals surface area (Å²) in [6, 6.07) is 11.2. The molecule has 0 bridgehead atoms. The number of aliphatic hydroxyl groups excluding tert-OH is 3. The number of pyridine rings is 2. The number of anilines is 2. The van der Waals surface area contributed by atoms with E-state index in [9.17, 15) is 19.8 Å². The summed E-state index contributed by atoms with van der Waals surface area (Å²) in [5, 5.41) is 40.3. The van der Waals surface area contributed by atoms with Gasteiger partial charge in [-0.2, -0.15) is 9.97 Å². The van der Waals surface area contributed by atoms with Gasteiger partial charge in [0.05, 0.1) is 50.6 Å². The van der Waals surface area contributed by atoms with E-state index in [0.717, 1.165) is 139 Å². The number of ether oxygens (including phenoxy) is 3. The van der Waals surface area contributed by atoms with Crippen LogP contribution in [0.3, 0.4) is 0 Å². The Morgan fingerprint density at radius 2 is 1.04 bits per heavy atom. The normalized spacial score (nSPS) is 21.7. The molecule has 0 amide bonds. The van der Waals surface area contributed by atoms with Gasteiger partial charge in [-0.15, -0.1) is 0 Å². The molecule has 6 aliphatic rings. The summed E-state index contributed by atoms with van der Waals surface area (Å²) in [5.41, 5.74) is 1.22. The van der Waals surface area contributed by atoms with E-state index in [1.54, 1.807) is 18.3 Å². The number of benzene rings is 2. The summed E-state index contributed by atoms with van der Waals surface area (Å²) < 4.78 is 20.3. The molecular formula is C58H81ClN10O8Pd. The fourth-order valence-electron chi connectivity index (χ4n) is 10.9. The zero-order valence-corrected chi connectivity index (χ0v) is 47.8. The molecule has 4 aromatic heterocycles. The minimum absolute atomic E-state index is 0. The molecule has 2 aliphatic heterocycles. The molecule has 6 aromatic rings. The maximum atomic E-state index is 13.9. The average molecular weight is 1190 g/mol. The number of nitrogens with one attached hydrogen (secondary N) is 2. The molecule has 0 unspecified atom stereocenters. The molecule has 20 heteroatoms. The molecule has 0 spiro atoms. The standard InChI is InChI=1S/C28H37N5O4.C21H23ClN4O2.C7H15NO2.2CH3.Pd/c34-21-6-4-20(5-7-21)33-26-25(18-30-28(31-26)29-17-19-2-3-19)23-9-8-22(16-24(23)27(33)35)37-13-1-10-32-11-14-36-15-12-32;22-13-3-8-16-17(9-13)20(28)26(14-4-6-15(27)7-5-14)19-18(16)11-24-21(25-19)23-10-12-1-2-12;9-5-1-2-8-3-6-10-7-4-8;;;/h8-9,16,18-21,34H,1-7,10-15,17H2,(H,29,30,31);3,8-9,11-12,14-15,27H,1-2,4-7,10H2,(H,23,24,25);9H,1-7H2;2*1H3;/q;;;2*-1;+2. The molecule has 4 saturated carbocycles. The first-order valence-electron chi connectivity index (χ1n) is 27.7. The van der Waals surface area contributed by atoms with Gasteiger partial charge in [0.1, 0.15) is 17.0 Å². The monoisotopic (exact) mass is 1190 g/mol. The Morgan fingerprint density at radius 1 is 0.590 bits per heavy atom. The van der Waals surface area contributed by atoms with Crippen molar-refractivity contribution in [3.05, 3.63) is 89.4 Å². The number of aliphatic hydroxyl groups is 3. The van der Waals surface area contributed by atoms with Gasteiger partial charge in [0, 0.05) is 105 Å². The summed E-state index contributed by atoms with van der Waals surface area (Å²) in [6.07, 6.45) is 15.7. The fourth-order valence-corrected chi connectivity index (χ4v) is 11.1. The Morgan fingerprint density at radius 3 is 1.50 bits per heavy atom. The molecule has 4 aliphatic carbocycles. The predicted octanol–water partition coefficient (Wildman–Crippen LogP) is 7.84. The Kier molecular flexibility index (Phi) is 23.1. The van der Waals surface area contributed by atoms with Crippen LogP contribution in [-0.4, -0.2) is 158 Å². The van der Waals surface area contributed by atoms with Gasteiger partial charge in [-0.25, -0.2) is 9.97 Å². The molecule has 18 nitrogen and oxygen atoms in total. The third-order valence-corrected chi connectivity index (χ3v) is 16.0. The number of hydrogen-bond donors (Lipinski definition) is 5. The molecule has 6 heterocycles. The van der Waals surface area contributed by atoms with E-state index in [4.69, 9.17) is 40.9 Å². The van der Waals surface area contributed by atoms with Crippen LogP contribution in [0.4, 0.5) is 11.9 Å². The predicted molar refractivity (Wildman–Crippen MR) is 306 cm³/mol. The van der Waals surface area contributed by atoms with Crippen molar-refractivity contribution in [1.82, 2.24) is 38.9 Å².